The highest BCUT2D eigenvalue weighted by molar-refractivity contribution is 5.37. The van der Waals surface area contributed by atoms with Crippen molar-refractivity contribution in [2.24, 2.45) is 11.5 Å². The number of rotatable bonds is 5. The third-order valence-corrected chi connectivity index (χ3v) is 2.57. The van der Waals surface area contributed by atoms with E-state index in [0.29, 0.717) is 6.54 Å². The molecular formula is C12H20N2O. The van der Waals surface area contributed by atoms with E-state index in [4.69, 9.17) is 16.2 Å². The Morgan fingerprint density at radius 3 is 2.67 bits per heavy atom. The van der Waals surface area contributed by atoms with Gasteiger partial charge in [0.2, 0.25) is 0 Å². The van der Waals surface area contributed by atoms with Crippen LogP contribution in [0.15, 0.2) is 18.2 Å². The maximum atomic E-state index is 6.05. The first-order valence-electron chi connectivity index (χ1n) is 5.29. The first kappa shape index (κ1) is 12.0. The van der Waals surface area contributed by atoms with Gasteiger partial charge in [0.15, 0.2) is 0 Å². The van der Waals surface area contributed by atoms with Gasteiger partial charge < -0.3 is 16.2 Å². The zero-order valence-corrected chi connectivity index (χ0v) is 9.49. The summed E-state index contributed by atoms with van der Waals surface area (Å²) in [6.07, 6.45) is 1.90. The van der Waals surface area contributed by atoms with Crippen molar-refractivity contribution in [3.05, 3.63) is 29.3 Å². The number of hydrogen-bond donors (Lipinski definition) is 2. The van der Waals surface area contributed by atoms with E-state index < -0.39 is 0 Å². The third-order valence-electron chi connectivity index (χ3n) is 2.57. The van der Waals surface area contributed by atoms with Gasteiger partial charge in [-0.25, -0.2) is 0 Å². The Morgan fingerprint density at radius 1 is 1.40 bits per heavy atom. The number of methoxy groups -OCH3 is 1. The van der Waals surface area contributed by atoms with Crippen LogP contribution in [0.1, 0.15) is 30.0 Å². The molecule has 1 rings (SSSR count). The van der Waals surface area contributed by atoms with Crippen molar-refractivity contribution < 1.29 is 4.74 Å². The molecule has 0 spiro atoms. The number of nitrogens with two attached hydrogens (primary N) is 2. The Bertz CT molecular complexity index is 312. The summed E-state index contributed by atoms with van der Waals surface area (Å²) < 4.78 is 5.20. The van der Waals surface area contributed by atoms with E-state index >= 15 is 0 Å². The number of ether oxygens (including phenoxy) is 1. The van der Waals surface area contributed by atoms with Crippen LogP contribution in [0, 0.1) is 6.92 Å². The van der Waals surface area contributed by atoms with E-state index in [1.807, 2.05) is 19.1 Å². The topological polar surface area (TPSA) is 61.3 Å². The summed E-state index contributed by atoms with van der Waals surface area (Å²) in [6, 6.07) is 6.15. The Labute approximate surface area is 91.4 Å². The summed E-state index contributed by atoms with van der Waals surface area (Å²) in [5, 5.41) is 0. The van der Waals surface area contributed by atoms with Crippen molar-refractivity contribution in [1.82, 2.24) is 0 Å². The van der Waals surface area contributed by atoms with Gasteiger partial charge in [-0.3, -0.25) is 0 Å². The first-order valence-corrected chi connectivity index (χ1v) is 5.29. The SMILES string of the molecule is COc1ccc([C@@H](N)CCCN)cc1C. The van der Waals surface area contributed by atoms with Crippen LogP contribution in [-0.4, -0.2) is 13.7 Å². The van der Waals surface area contributed by atoms with Crippen molar-refractivity contribution in [3.63, 3.8) is 0 Å². The van der Waals surface area contributed by atoms with Crippen LogP contribution in [0.2, 0.25) is 0 Å². The van der Waals surface area contributed by atoms with Crippen molar-refractivity contribution in [3.8, 4) is 5.75 Å². The minimum Gasteiger partial charge on any atom is -0.496 e. The van der Waals surface area contributed by atoms with Gasteiger partial charge in [-0.2, -0.15) is 0 Å². The Kier molecular flexibility index (Phi) is 4.59. The van der Waals surface area contributed by atoms with Gasteiger partial charge in [0.05, 0.1) is 7.11 Å². The van der Waals surface area contributed by atoms with Gasteiger partial charge >= 0.3 is 0 Å². The van der Waals surface area contributed by atoms with Gasteiger partial charge in [-0.1, -0.05) is 12.1 Å². The Morgan fingerprint density at radius 2 is 2.13 bits per heavy atom. The van der Waals surface area contributed by atoms with Crippen molar-refractivity contribution in [2.75, 3.05) is 13.7 Å². The first-order chi connectivity index (χ1) is 7.19. The Balaban J connectivity index is 2.73. The van der Waals surface area contributed by atoms with Gasteiger partial charge in [-0.05, 0) is 43.5 Å². The average molecular weight is 208 g/mol. The second-order valence-corrected chi connectivity index (χ2v) is 3.77. The molecule has 3 nitrogen and oxygen atoms in total. The smallest absolute Gasteiger partial charge is 0.121 e. The van der Waals surface area contributed by atoms with Crippen LogP contribution in [0.5, 0.6) is 5.75 Å². The molecule has 0 amide bonds. The summed E-state index contributed by atoms with van der Waals surface area (Å²) in [5.74, 6) is 0.907. The van der Waals surface area contributed by atoms with E-state index in [1.165, 1.54) is 0 Å². The lowest BCUT2D eigenvalue weighted by molar-refractivity contribution is 0.411. The second kappa shape index (κ2) is 5.73. The summed E-state index contributed by atoms with van der Waals surface area (Å²) in [4.78, 5) is 0. The normalized spacial score (nSPS) is 12.5. The fourth-order valence-electron chi connectivity index (χ4n) is 1.64. The molecule has 0 saturated carbocycles. The van der Waals surface area contributed by atoms with Crippen LogP contribution >= 0.6 is 0 Å². The molecule has 84 valence electrons. The minimum atomic E-state index is 0.0816. The van der Waals surface area contributed by atoms with Crippen molar-refractivity contribution in [1.29, 1.82) is 0 Å². The largest absolute Gasteiger partial charge is 0.496 e. The molecule has 0 aliphatic carbocycles. The minimum absolute atomic E-state index is 0.0816. The molecule has 15 heavy (non-hydrogen) atoms. The summed E-state index contributed by atoms with van der Waals surface area (Å²) >= 11 is 0. The summed E-state index contributed by atoms with van der Waals surface area (Å²) in [5.41, 5.74) is 13.8. The van der Waals surface area contributed by atoms with E-state index in [1.54, 1.807) is 7.11 Å². The molecule has 1 aromatic rings. The second-order valence-electron chi connectivity index (χ2n) is 3.77. The molecule has 0 aromatic heterocycles. The number of hydrogen-bond acceptors (Lipinski definition) is 3. The molecule has 0 aliphatic heterocycles. The highest BCUT2D eigenvalue weighted by Gasteiger charge is 2.07. The van der Waals surface area contributed by atoms with Crippen LogP contribution in [0.3, 0.4) is 0 Å². The molecule has 1 atom stereocenters. The van der Waals surface area contributed by atoms with E-state index in [9.17, 15) is 0 Å². The predicted molar refractivity (Wildman–Crippen MR) is 62.9 cm³/mol. The van der Waals surface area contributed by atoms with Gasteiger partial charge in [-0.15, -0.1) is 0 Å². The molecule has 4 N–H and O–H groups in total. The molecular weight excluding hydrogens is 188 g/mol. The predicted octanol–water partition coefficient (Wildman–Crippen LogP) is 1.74. The fraction of sp³-hybridized carbons (Fsp3) is 0.500. The van der Waals surface area contributed by atoms with Gasteiger partial charge in [0.1, 0.15) is 5.75 Å². The molecule has 0 radical (unpaired) electrons. The summed E-state index contributed by atoms with van der Waals surface area (Å²) in [7, 11) is 1.68. The van der Waals surface area contributed by atoms with E-state index in [-0.39, 0.29) is 6.04 Å². The fourth-order valence-corrected chi connectivity index (χ4v) is 1.64. The quantitative estimate of drug-likeness (QED) is 0.774. The zero-order valence-electron chi connectivity index (χ0n) is 9.49. The number of aryl methyl sites for hydroxylation is 1. The van der Waals surface area contributed by atoms with E-state index in [0.717, 1.165) is 29.7 Å². The molecule has 0 saturated heterocycles. The molecule has 0 unspecified atom stereocenters. The van der Waals surface area contributed by atoms with Crippen LogP contribution in [0.25, 0.3) is 0 Å². The Hall–Kier alpha value is -1.06. The van der Waals surface area contributed by atoms with Crippen LogP contribution < -0.4 is 16.2 Å². The molecule has 1 aromatic carbocycles. The molecule has 0 bridgehead atoms. The molecule has 0 heterocycles. The lowest BCUT2D eigenvalue weighted by Gasteiger charge is -2.13. The van der Waals surface area contributed by atoms with Crippen molar-refractivity contribution in [2.45, 2.75) is 25.8 Å². The lowest BCUT2D eigenvalue weighted by Crippen LogP contribution is -2.12. The third kappa shape index (κ3) is 3.22. The highest BCUT2D eigenvalue weighted by atomic mass is 16.5. The highest BCUT2D eigenvalue weighted by Crippen LogP contribution is 2.23. The summed E-state index contributed by atoms with van der Waals surface area (Å²) in [6.45, 7) is 2.72. The van der Waals surface area contributed by atoms with Gasteiger partial charge in [0.25, 0.3) is 0 Å². The molecule has 3 heteroatoms. The monoisotopic (exact) mass is 208 g/mol. The standard InChI is InChI=1S/C12H20N2O/c1-9-8-10(5-6-12(9)15-2)11(14)4-3-7-13/h5-6,8,11H,3-4,7,13-14H2,1-2H3/t11-/m0/s1. The maximum absolute atomic E-state index is 6.05. The van der Waals surface area contributed by atoms with Crippen molar-refractivity contribution >= 4 is 0 Å². The zero-order chi connectivity index (χ0) is 11.3. The average Bonchev–Trinajstić information content (AvgIpc) is 2.25. The van der Waals surface area contributed by atoms with Gasteiger partial charge in [0, 0.05) is 6.04 Å². The van der Waals surface area contributed by atoms with E-state index in [2.05, 4.69) is 6.07 Å². The maximum Gasteiger partial charge on any atom is 0.121 e. The lowest BCUT2D eigenvalue weighted by atomic mass is 10.0. The number of benzene rings is 1. The van der Waals surface area contributed by atoms with Crippen LogP contribution in [-0.2, 0) is 0 Å². The molecule has 0 fully saturated rings. The van der Waals surface area contributed by atoms with Crippen LogP contribution in [0.4, 0.5) is 0 Å². The molecule has 0 aliphatic rings.